The summed E-state index contributed by atoms with van der Waals surface area (Å²) in [5, 5.41) is 0. The van der Waals surface area contributed by atoms with Crippen LogP contribution < -0.4 is 5.73 Å². The van der Waals surface area contributed by atoms with Crippen LogP contribution in [0, 0.1) is 11.8 Å². The number of rotatable bonds is 0. The molecular formula is C9H15NO. The van der Waals surface area contributed by atoms with Gasteiger partial charge in [-0.2, -0.15) is 0 Å². The Bertz CT molecular complexity index is 180. The molecule has 0 unspecified atom stereocenters. The average molecular weight is 153 g/mol. The van der Waals surface area contributed by atoms with E-state index in [0.717, 1.165) is 25.7 Å². The molecule has 2 saturated carbocycles. The van der Waals surface area contributed by atoms with Crippen molar-refractivity contribution < 1.29 is 4.79 Å². The van der Waals surface area contributed by atoms with Crippen molar-refractivity contribution in [2.45, 2.75) is 38.1 Å². The molecule has 2 aliphatic rings. The van der Waals surface area contributed by atoms with Crippen molar-refractivity contribution in [3.05, 3.63) is 0 Å². The highest BCUT2D eigenvalue weighted by molar-refractivity contribution is 5.81. The predicted octanol–water partition coefficient (Wildman–Crippen LogP) is 1.09. The molecule has 2 fully saturated rings. The van der Waals surface area contributed by atoms with Crippen molar-refractivity contribution >= 4 is 5.78 Å². The zero-order valence-electron chi connectivity index (χ0n) is 6.97. The number of Topliss-reactive ketones (excluding diaryl/α,β-unsaturated/α-hetero) is 1. The molecule has 2 aliphatic carbocycles. The van der Waals surface area contributed by atoms with E-state index in [1.807, 2.05) is 0 Å². The van der Waals surface area contributed by atoms with Crippen molar-refractivity contribution in [3.63, 3.8) is 0 Å². The second-order valence-electron chi connectivity index (χ2n) is 4.53. The van der Waals surface area contributed by atoms with Crippen LogP contribution in [0.1, 0.15) is 32.6 Å². The lowest BCUT2D eigenvalue weighted by Gasteiger charge is -2.17. The normalized spacial score (nSPS) is 49.8. The van der Waals surface area contributed by atoms with Crippen molar-refractivity contribution in [3.8, 4) is 0 Å². The number of fused-ring (bicyclic) bond motifs is 1. The van der Waals surface area contributed by atoms with Crippen LogP contribution in [0.25, 0.3) is 0 Å². The van der Waals surface area contributed by atoms with Crippen LogP contribution in [0.4, 0.5) is 0 Å². The van der Waals surface area contributed by atoms with E-state index in [-0.39, 0.29) is 5.54 Å². The lowest BCUT2D eigenvalue weighted by Crippen LogP contribution is -2.33. The van der Waals surface area contributed by atoms with Gasteiger partial charge in [-0.3, -0.25) is 4.79 Å². The van der Waals surface area contributed by atoms with E-state index in [2.05, 4.69) is 6.92 Å². The molecule has 2 nitrogen and oxygen atoms in total. The summed E-state index contributed by atoms with van der Waals surface area (Å²) >= 11 is 0. The second-order valence-corrected chi connectivity index (χ2v) is 4.53. The second kappa shape index (κ2) is 2.07. The third-order valence-electron chi connectivity index (χ3n) is 3.10. The van der Waals surface area contributed by atoms with Crippen LogP contribution in [0.5, 0.6) is 0 Å². The molecule has 2 N–H and O–H groups in total. The van der Waals surface area contributed by atoms with Crippen molar-refractivity contribution in [1.82, 2.24) is 0 Å². The van der Waals surface area contributed by atoms with E-state index in [1.165, 1.54) is 0 Å². The molecule has 0 aromatic rings. The van der Waals surface area contributed by atoms with Crippen LogP contribution in [0.2, 0.25) is 0 Å². The van der Waals surface area contributed by atoms with Gasteiger partial charge in [0.25, 0.3) is 0 Å². The Hall–Kier alpha value is -0.370. The molecule has 0 aromatic heterocycles. The van der Waals surface area contributed by atoms with E-state index >= 15 is 0 Å². The minimum Gasteiger partial charge on any atom is -0.325 e. The molecule has 0 amide bonds. The summed E-state index contributed by atoms with van der Waals surface area (Å²) < 4.78 is 0. The summed E-state index contributed by atoms with van der Waals surface area (Å²) in [5.41, 5.74) is 6.03. The van der Waals surface area contributed by atoms with Crippen LogP contribution in [0.15, 0.2) is 0 Å². The highest BCUT2D eigenvalue weighted by Gasteiger charge is 2.44. The number of nitrogens with two attached hydrogens (primary N) is 1. The summed E-state index contributed by atoms with van der Waals surface area (Å²) in [7, 11) is 0. The van der Waals surface area contributed by atoms with E-state index in [9.17, 15) is 4.79 Å². The minimum absolute atomic E-state index is 0.0238. The monoisotopic (exact) mass is 153 g/mol. The molecule has 0 radical (unpaired) electrons. The molecule has 0 aliphatic heterocycles. The molecule has 0 bridgehead atoms. The molecule has 0 heterocycles. The first-order valence-electron chi connectivity index (χ1n) is 4.37. The fourth-order valence-corrected chi connectivity index (χ4v) is 2.76. The van der Waals surface area contributed by atoms with Crippen molar-refractivity contribution in [1.29, 1.82) is 0 Å². The lowest BCUT2D eigenvalue weighted by molar-refractivity contribution is -0.117. The van der Waals surface area contributed by atoms with E-state index in [4.69, 9.17) is 5.73 Å². The largest absolute Gasteiger partial charge is 0.325 e. The third-order valence-corrected chi connectivity index (χ3v) is 3.10. The van der Waals surface area contributed by atoms with Gasteiger partial charge in [-0.05, 0) is 31.6 Å². The van der Waals surface area contributed by atoms with Gasteiger partial charge in [0, 0.05) is 18.4 Å². The molecule has 2 rings (SSSR count). The van der Waals surface area contributed by atoms with Gasteiger partial charge in [0.05, 0.1) is 0 Å². The Labute approximate surface area is 67.1 Å². The van der Waals surface area contributed by atoms with Gasteiger partial charge < -0.3 is 5.73 Å². The van der Waals surface area contributed by atoms with Gasteiger partial charge in [-0.15, -0.1) is 0 Å². The van der Waals surface area contributed by atoms with Gasteiger partial charge in [0.2, 0.25) is 0 Å². The van der Waals surface area contributed by atoms with Crippen LogP contribution in [-0.2, 0) is 4.79 Å². The number of ketones is 1. The highest BCUT2D eigenvalue weighted by atomic mass is 16.1. The summed E-state index contributed by atoms with van der Waals surface area (Å²) in [4.78, 5) is 11.0. The molecular weight excluding hydrogens is 138 g/mol. The average Bonchev–Trinajstić information content (AvgIpc) is 2.17. The maximum atomic E-state index is 11.0. The minimum atomic E-state index is 0.0238. The van der Waals surface area contributed by atoms with Gasteiger partial charge in [0.1, 0.15) is 5.78 Å². The predicted molar refractivity (Wildman–Crippen MR) is 43.0 cm³/mol. The third kappa shape index (κ3) is 1.20. The van der Waals surface area contributed by atoms with Crippen LogP contribution >= 0.6 is 0 Å². The van der Waals surface area contributed by atoms with Gasteiger partial charge in [-0.1, -0.05) is 0 Å². The summed E-state index contributed by atoms with van der Waals surface area (Å²) in [6, 6.07) is 0. The Morgan fingerprint density at radius 2 is 1.82 bits per heavy atom. The smallest absolute Gasteiger partial charge is 0.133 e. The topological polar surface area (TPSA) is 43.1 Å². The van der Waals surface area contributed by atoms with Gasteiger partial charge >= 0.3 is 0 Å². The zero-order chi connectivity index (χ0) is 8.06. The Kier molecular flexibility index (Phi) is 1.37. The van der Waals surface area contributed by atoms with Gasteiger partial charge in [0.15, 0.2) is 0 Å². The Balaban J connectivity index is 2.09. The van der Waals surface area contributed by atoms with Gasteiger partial charge in [-0.25, -0.2) is 0 Å². The summed E-state index contributed by atoms with van der Waals surface area (Å²) in [6.07, 6.45) is 3.72. The van der Waals surface area contributed by atoms with Crippen molar-refractivity contribution in [2.75, 3.05) is 0 Å². The Morgan fingerprint density at radius 1 is 1.36 bits per heavy atom. The molecule has 11 heavy (non-hydrogen) atoms. The maximum Gasteiger partial charge on any atom is 0.133 e. The zero-order valence-corrected chi connectivity index (χ0v) is 6.97. The van der Waals surface area contributed by atoms with E-state index in [0.29, 0.717) is 17.6 Å². The molecule has 0 aromatic carbocycles. The molecule has 0 saturated heterocycles. The first-order valence-corrected chi connectivity index (χ1v) is 4.37. The number of hydrogen-bond acceptors (Lipinski definition) is 2. The first kappa shape index (κ1) is 7.29. The lowest BCUT2D eigenvalue weighted by atomic mass is 9.98. The van der Waals surface area contributed by atoms with Crippen LogP contribution in [0.3, 0.4) is 0 Å². The first-order chi connectivity index (χ1) is 5.07. The van der Waals surface area contributed by atoms with E-state index in [1.54, 1.807) is 0 Å². The number of carbonyl (C=O) groups is 1. The molecule has 2 heteroatoms. The Morgan fingerprint density at radius 3 is 2.27 bits per heavy atom. The quantitative estimate of drug-likeness (QED) is 0.566. The highest BCUT2D eigenvalue weighted by Crippen LogP contribution is 2.45. The molecule has 3 atom stereocenters. The summed E-state index contributed by atoms with van der Waals surface area (Å²) in [6.45, 7) is 2.11. The van der Waals surface area contributed by atoms with E-state index < -0.39 is 0 Å². The van der Waals surface area contributed by atoms with Crippen LogP contribution in [-0.4, -0.2) is 11.3 Å². The SMILES string of the molecule is C[C@@]1(N)C[C@H]2CC(=O)C[C@H]2C1. The van der Waals surface area contributed by atoms with Crippen molar-refractivity contribution in [2.24, 2.45) is 17.6 Å². The summed E-state index contributed by atoms with van der Waals surface area (Å²) in [5.74, 6) is 1.70. The standard InChI is InChI=1S/C9H15NO/c1-9(10)4-6-2-8(11)3-7(6)5-9/h6-7H,2-5,10H2,1H3/t6-,7+,9-. The fraction of sp³-hybridized carbons (Fsp3) is 0.889. The number of hydrogen-bond donors (Lipinski definition) is 1. The molecule has 62 valence electrons. The number of carbonyl (C=O) groups excluding carboxylic acids is 1. The fourth-order valence-electron chi connectivity index (χ4n) is 2.76. The molecule has 0 spiro atoms. The maximum absolute atomic E-state index is 11.0.